The van der Waals surface area contributed by atoms with E-state index in [2.05, 4.69) is 10.6 Å². The summed E-state index contributed by atoms with van der Waals surface area (Å²) >= 11 is 0. The second kappa shape index (κ2) is 5.72. The van der Waals surface area contributed by atoms with Crippen LogP contribution in [0.3, 0.4) is 0 Å². The van der Waals surface area contributed by atoms with Gasteiger partial charge in [-0.1, -0.05) is 20.8 Å². The first kappa shape index (κ1) is 15.3. The Morgan fingerprint density at radius 1 is 1.25 bits per heavy atom. The molecule has 0 aromatic rings. The lowest BCUT2D eigenvalue weighted by molar-refractivity contribution is -0.145. The monoisotopic (exact) mass is 282 g/mol. The van der Waals surface area contributed by atoms with E-state index in [-0.39, 0.29) is 5.91 Å². The molecule has 5 heteroatoms. The molecular formula is C15H26N2O3. The van der Waals surface area contributed by atoms with Crippen molar-refractivity contribution in [1.82, 2.24) is 10.6 Å². The molecule has 2 aliphatic rings. The maximum absolute atomic E-state index is 12.1. The molecule has 0 aliphatic carbocycles. The summed E-state index contributed by atoms with van der Waals surface area (Å²) in [5, 5.41) is 15.5. The van der Waals surface area contributed by atoms with Crippen LogP contribution < -0.4 is 10.6 Å². The molecule has 0 spiro atoms. The fraction of sp³-hybridized carbons (Fsp3) is 0.867. The number of nitrogens with one attached hydrogen (secondary N) is 2. The first-order valence-corrected chi connectivity index (χ1v) is 7.54. The lowest BCUT2D eigenvalue weighted by atomic mass is 9.85. The molecule has 2 heterocycles. The summed E-state index contributed by atoms with van der Waals surface area (Å²) < 4.78 is 0. The zero-order valence-corrected chi connectivity index (χ0v) is 12.6. The topological polar surface area (TPSA) is 78.4 Å². The van der Waals surface area contributed by atoms with Crippen LogP contribution in [-0.4, -0.2) is 35.1 Å². The number of carbonyl (C=O) groups is 2. The predicted molar refractivity (Wildman–Crippen MR) is 76.3 cm³/mol. The molecule has 0 aromatic heterocycles. The van der Waals surface area contributed by atoms with Crippen molar-refractivity contribution < 1.29 is 14.7 Å². The molecule has 2 saturated heterocycles. The van der Waals surface area contributed by atoms with Crippen LogP contribution in [0, 0.1) is 11.3 Å². The van der Waals surface area contributed by atoms with Gasteiger partial charge in [0.1, 0.15) is 6.04 Å². The fourth-order valence-corrected chi connectivity index (χ4v) is 3.47. The van der Waals surface area contributed by atoms with E-state index in [1.807, 2.05) is 20.8 Å². The molecule has 0 aromatic carbocycles. The third-order valence-electron chi connectivity index (χ3n) is 4.46. The Balaban J connectivity index is 1.87. The van der Waals surface area contributed by atoms with Crippen molar-refractivity contribution >= 4 is 11.9 Å². The molecule has 2 bridgehead atoms. The lowest BCUT2D eigenvalue weighted by Crippen LogP contribution is -2.50. The number of carboxylic acid groups (broad SMARTS) is 1. The van der Waals surface area contributed by atoms with E-state index in [0.717, 1.165) is 12.8 Å². The van der Waals surface area contributed by atoms with Crippen LogP contribution in [0.25, 0.3) is 0 Å². The highest BCUT2D eigenvalue weighted by molar-refractivity contribution is 5.84. The summed E-state index contributed by atoms with van der Waals surface area (Å²) in [6.07, 6.45) is 4.95. The maximum atomic E-state index is 12.1. The molecule has 5 nitrogen and oxygen atoms in total. The van der Waals surface area contributed by atoms with E-state index in [1.165, 1.54) is 12.8 Å². The van der Waals surface area contributed by atoms with Gasteiger partial charge < -0.3 is 15.7 Å². The normalized spacial score (nSPS) is 30.9. The Labute approximate surface area is 120 Å². The number of rotatable bonds is 4. The van der Waals surface area contributed by atoms with Crippen LogP contribution >= 0.6 is 0 Å². The fourth-order valence-electron chi connectivity index (χ4n) is 3.47. The van der Waals surface area contributed by atoms with E-state index in [0.29, 0.717) is 24.4 Å². The molecule has 1 amide bonds. The standard InChI is InChI=1S/C15H26N2O3/c1-15(2,3)13(14(19)20)17-12(18)8-9-6-10-4-5-11(7-9)16-10/h9-11,13,16H,4-8H2,1-3H3,(H,17,18)(H,19,20)/t9?,10?,11?,13-/m1/s1. The second-order valence-corrected chi connectivity index (χ2v) is 7.38. The quantitative estimate of drug-likeness (QED) is 0.730. The van der Waals surface area contributed by atoms with Crippen LogP contribution in [0.15, 0.2) is 0 Å². The molecule has 3 atom stereocenters. The Morgan fingerprint density at radius 2 is 1.80 bits per heavy atom. The minimum Gasteiger partial charge on any atom is -0.480 e. The Bertz CT molecular complexity index is 377. The van der Waals surface area contributed by atoms with Gasteiger partial charge in [-0.05, 0) is 37.0 Å². The van der Waals surface area contributed by atoms with Crippen molar-refractivity contribution in [3.05, 3.63) is 0 Å². The number of carbonyl (C=O) groups excluding carboxylic acids is 1. The summed E-state index contributed by atoms with van der Waals surface area (Å²) in [7, 11) is 0. The number of hydrogen-bond donors (Lipinski definition) is 3. The number of amides is 1. The average Bonchev–Trinajstić information content (AvgIpc) is 2.64. The molecule has 114 valence electrons. The van der Waals surface area contributed by atoms with Gasteiger partial charge in [-0.15, -0.1) is 0 Å². The molecule has 3 N–H and O–H groups in total. The number of carboxylic acids is 1. The van der Waals surface area contributed by atoms with Crippen LogP contribution in [0.2, 0.25) is 0 Å². The Morgan fingerprint density at radius 3 is 2.25 bits per heavy atom. The highest BCUT2D eigenvalue weighted by atomic mass is 16.4. The zero-order chi connectivity index (χ0) is 14.9. The minimum atomic E-state index is -0.962. The van der Waals surface area contributed by atoms with Crippen molar-refractivity contribution in [2.45, 2.75) is 71.0 Å². The van der Waals surface area contributed by atoms with E-state index in [9.17, 15) is 14.7 Å². The van der Waals surface area contributed by atoms with Crippen molar-refractivity contribution in [3.63, 3.8) is 0 Å². The van der Waals surface area contributed by atoms with Crippen LogP contribution in [0.4, 0.5) is 0 Å². The summed E-state index contributed by atoms with van der Waals surface area (Å²) in [5.41, 5.74) is -0.478. The third-order valence-corrected chi connectivity index (χ3v) is 4.46. The number of fused-ring (bicyclic) bond motifs is 2. The van der Waals surface area contributed by atoms with Gasteiger partial charge >= 0.3 is 5.97 Å². The van der Waals surface area contributed by atoms with Gasteiger partial charge in [0.25, 0.3) is 0 Å². The first-order chi connectivity index (χ1) is 9.25. The number of hydrogen-bond acceptors (Lipinski definition) is 3. The van der Waals surface area contributed by atoms with Crippen molar-refractivity contribution in [2.75, 3.05) is 0 Å². The van der Waals surface area contributed by atoms with Crippen molar-refractivity contribution in [1.29, 1.82) is 0 Å². The van der Waals surface area contributed by atoms with Gasteiger partial charge in [-0.2, -0.15) is 0 Å². The molecular weight excluding hydrogens is 256 g/mol. The van der Waals surface area contributed by atoms with Gasteiger partial charge in [-0.3, -0.25) is 4.79 Å². The molecule has 2 aliphatic heterocycles. The maximum Gasteiger partial charge on any atom is 0.326 e. The molecule has 2 unspecified atom stereocenters. The molecule has 0 radical (unpaired) electrons. The molecule has 0 saturated carbocycles. The largest absolute Gasteiger partial charge is 0.480 e. The van der Waals surface area contributed by atoms with Gasteiger partial charge in [0.2, 0.25) is 5.91 Å². The second-order valence-electron chi connectivity index (χ2n) is 7.38. The van der Waals surface area contributed by atoms with Crippen LogP contribution in [-0.2, 0) is 9.59 Å². The van der Waals surface area contributed by atoms with E-state index < -0.39 is 17.4 Å². The smallest absolute Gasteiger partial charge is 0.326 e. The number of aliphatic carboxylic acids is 1. The lowest BCUT2D eigenvalue weighted by Gasteiger charge is -2.31. The summed E-state index contributed by atoms with van der Waals surface area (Å²) in [6, 6.07) is 0.294. The van der Waals surface area contributed by atoms with Crippen molar-refractivity contribution in [3.8, 4) is 0 Å². The van der Waals surface area contributed by atoms with Gasteiger partial charge in [0, 0.05) is 18.5 Å². The van der Waals surface area contributed by atoms with E-state index in [1.54, 1.807) is 0 Å². The summed E-state index contributed by atoms with van der Waals surface area (Å²) in [4.78, 5) is 23.4. The van der Waals surface area contributed by atoms with Crippen LogP contribution in [0.5, 0.6) is 0 Å². The summed E-state index contributed by atoms with van der Waals surface area (Å²) in [6.45, 7) is 5.49. The van der Waals surface area contributed by atoms with Gasteiger partial charge in [0.05, 0.1) is 0 Å². The molecule has 2 fully saturated rings. The average molecular weight is 282 g/mol. The zero-order valence-electron chi connectivity index (χ0n) is 12.6. The number of piperidine rings is 1. The third kappa shape index (κ3) is 3.72. The van der Waals surface area contributed by atoms with E-state index in [4.69, 9.17) is 0 Å². The molecule has 2 rings (SSSR count). The Kier molecular flexibility index (Phi) is 4.37. The SMILES string of the molecule is CC(C)(C)[C@H](NC(=O)CC1CC2CCC(C1)N2)C(=O)O. The summed E-state index contributed by atoms with van der Waals surface area (Å²) in [5.74, 6) is -0.696. The van der Waals surface area contributed by atoms with E-state index >= 15 is 0 Å². The molecule has 20 heavy (non-hydrogen) atoms. The van der Waals surface area contributed by atoms with Gasteiger partial charge in [0.15, 0.2) is 0 Å². The van der Waals surface area contributed by atoms with Crippen molar-refractivity contribution in [2.24, 2.45) is 11.3 Å². The highest BCUT2D eigenvalue weighted by Crippen LogP contribution is 2.32. The highest BCUT2D eigenvalue weighted by Gasteiger charge is 2.36. The Hall–Kier alpha value is -1.10. The first-order valence-electron chi connectivity index (χ1n) is 7.54. The predicted octanol–water partition coefficient (Wildman–Crippen LogP) is 1.52. The van der Waals surface area contributed by atoms with Crippen LogP contribution in [0.1, 0.15) is 52.9 Å². The van der Waals surface area contributed by atoms with Gasteiger partial charge in [-0.25, -0.2) is 4.79 Å². The minimum absolute atomic E-state index is 0.126.